The fourth-order valence-corrected chi connectivity index (χ4v) is 2.93. The van der Waals surface area contributed by atoms with Crippen molar-refractivity contribution in [2.45, 2.75) is 62.1 Å². The zero-order valence-corrected chi connectivity index (χ0v) is 17.5. The molecule has 0 aliphatic carbocycles. The highest BCUT2D eigenvalue weighted by Crippen LogP contribution is 2.53. The Hall–Kier alpha value is -2.76. The Labute approximate surface area is 188 Å². The zero-order chi connectivity index (χ0) is 27.0. The van der Waals surface area contributed by atoms with E-state index in [-0.39, 0.29) is 12.0 Å². The largest absolute Gasteiger partial charge is 0.460 e. The van der Waals surface area contributed by atoms with Crippen molar-refractivity contribution in [3.63, 3.8) is 0 Å². The molecule has 9 nitrogen and oxygen atoms in total. The number of aliphatic hydroxyl groups excluding tert-OH is 1. The lowest BCUT2D eigenvalue weighted by molar-refractivity contribution is -0.396. The van der Waals surface area contributed by atoms with E-state index in [0.29, 0.717) is 0 Å². The highest BCUT2D eigenvalue weighted by molar-refractivity contribution is 5.67. The Morgan fingerprint density at radius 2 is 1.77 bits per heavy atom. The van der Waals surface area contributed by atoms with Crippen molar-refractivity contribution >= 4 is 6.09 Å². The molecule has 35 heavy (non-hydrogen) atoms. The number of carbonyl (C=O) groups is 1. The van der Waals surface area contributed by atoms with Crippen LogP contribution in [0.2, 0.25) is 0 Å². The van der Waals surface area contributed by atoms with Crippen molar-refractivity contribution in [2.75, 3.05) is 13.2 Å². The van der Waals surface area contributed by atoms with Crippen LogP contribution in [0.25, 0.3) is 0 Å². The van der Waals surface area contributed by atoms with Crippen molar-refractivity contribution in [1.29, 1.82) is 0 Å². The number of aliphatic hydroxyl groups is 1. The summed E-state index contributed by atoms with van der Waals surface area (Å²) in [5, 5.41) is 11.5. The van der Waals surface area contributed by atoms with Gasteiger partial charge in [-0.05, 0) is 6.92 Å². The molecule has 0 bridgehead atoms. The van der Waals surface area contributed by atoms with Crippen LogP contribution in [0.4, 0.5) is 44.3 Å². The van der Waals surface area contributed by atoms with E-state index in [2.05, 4.69) is 4.74 Å². The molecule has 18 heteroatoms. The van der Waals surface area contributed by atoms with Gasteiger partial charge in [-0.1, -0.05) is 0 Å². The van der Waals surface area contributed by atoms with E-state index in [1.54, 1.807) is 0 Å². The summed E-state index contributed by atoms with van der Waals surface area (Å²) in [5.74, 6) is -19.7. The number of nitrogens with one attached hydrogen (secondary N) is 2. The summed E-state index contributed by atoms with van der Waals surface area (Å²) in [6, 6.07) is 0. The predicted octanol–water partition coefficient (Wildman–Crippen LogP) is 2.08. The number of halogens is 9. The van der Waals surface area contributed by atoms with E-state index in [9.17, 15) is 59.0 Å². The lowest BCUT2D eigenvalue weighted by Crippen LogP contribution is -2.61. The number of aromatic nitrogens is 2. The first-order valence-corrected chi connectivity index (χ1v) is 9.58. The van der Waals surface area contributed by atoms with Crippen molar-refractivity contribution in [2.24, 2.45) is 0 Å². The second kappa shape index (κ2) is 9.71. The van der Waals surface area contributed by atoms with Gasteiger partial charge in [-0.25, -0.2) is 9.59 Å². The van der Waals surface area contributed by atoms with Crippen molar-refractivity contribution in [3.05, 3.63) is 32.6 Å². The summed E-state index contributed by atoms with van der Waals surface area (Å²) in [6.07, 6.45) is -13.5. The van der Waals surface area contributed by atoms with Crippen LogP contribution < -0.4 is 16.6 Å². The standard InChI is InChI=1S/C17H18F9N3O6/c1-7-5-29(12(32)28-11(7)31)10-4-8(30)9(35-10)6-34-13(33)27-3-2-14(18,19)15(20,21)16(22,23)17(24,25)26/h5,8-10,30H,2-4,6H2,1H3,(H,27,33)(H,28,31,32)/t8-,9+,10+/m1/s1. The van der Waals surface area contributed by atoms with E-state index >= 15 is 0 Å². The van der Waals surface area contributed by atoms with Gasteiger partial charge in [0.25, 0.3) is 5.56 Å². The molecule has 1 aliphatic rings. The molecule has 0 unspecified atom stereocenters. The van der Waals surface area contributed by atoms with Gasteiger partial charge in [-0.15, -0.1) is 0 Å². The summed E-state index contributed by atoms with van der Waals surface area (Å²) >= 11 is 0. The Morgan fingerprint density at radius 1 is 1.17 bits per heavy atom. The number of aromatic amines is 1. The maximum atomic E-state index is 13.4. The molecule has 1 amide bonds. The van der Waals surface area contributed by atoms with Crippen molar-refractivity contribution in [3.8, 4) is 0 Å². The molecule has 0 saturated carbocycles. The first-order valence-electron chi connectivity index (χ1n) is 9.58. The second-order valence-electron chi connectivity index (χ2n) is 7.54. The van der Waals surface area contributed by atoms with Crippen LogP contribution in [-0.2, 0) is 9.47 Å². The summed E-state index contributed by atoms with van der Waals surface area (Å²) in [6.45, 7) is -0.841. The fraction of sp³-hybridized carbons (Fsp3) is 0.706. The lowest BCUT2D eigenvalue weighted by Gasteiger charge is -2.33. The molecule has 2 heterocycles. The number of amides is 1. The van der Waals surface area contributed by atoms with E-state index < -0.39 is 79.3 Å². The van der Waals surface area contributed by atoms with Gasteiger partial charge in [-0.3, -0.25) is 14.3 Å². The number of aryl methyl sites for hydroxylation is 1. The number of hydrogen-bond donors (Lipinski definition) is 3. The zero-order valence-electron chi connectivity index (χ0n) is 17.5. The maximum Gasteiger partial charge on any atom is 0.460 e. The third-order valence-electron chi connectivity index (χ3n) is 4.96. The molecule has 3 N–H and O–H groups in total. The van der Waals surface area contributed by atoms with Gasteiger partial charge < -0.3 is 19.9 Å². The molecule has 1 aromatic heterocycles. The van der Waals surface area contributed by atoms with Crippen LogP contribution in [0.3, 0.4) is 0 Å². The average molecular weight is 531 g/mol. The molecule has 1 saturated heterocycles. The Morgan fingerprint density at radius 3 is 2.34 bits per heavy atom. The minimum atomic E-state index is -7.04. The van der Waals surface area contributed by atoms with Gasteiger partial charge in [0.05, 0.1) is 6.10 Å². The Balaban J connectivity index is 1.89. The Kier molecular flexibility index (Phi) is 7.90. The van der Waals surface area contributed by atoms with Gasteiger partial charge in [0, 0.05) is 31.1 Å². The highest BCUT2D eigenvalue weighted by atomic mass is 19.4. The van der Waals surface area contributed by atoms with Crippen LogP contribution in [0, 0.1) is 6.92 Å². The molecular weight excluding hydrogens is 513 g/mol. The first kappa shape index (κ1) is 28.5. The quantitative estimate of drug-likeness (QED) is 0.442. The highest BCUT2D eigenvalue weighted by Gasteiger charge is 2.81. The van der Waals surface area contributed by atoms with Crippen LogP contribution >= 0.6 is 0 Å². The summed E-state index contributed by atoms with van der Waals surface area (Å²) < 4.78 is 126. The minimum absolute atomic E-state index is 0.136. The number of alkyl halides is 9. The number of hydrogen-bond acceptors (Lipinski definition) is 6. The number of rotatable bonds is 8. The summed E-state index contributed by atoms with van der Waals surface area (Å²) in [4.78, 5) is 36.8. The number of carbonyl (C=O) groups excluding carboxylic acids is 1. The first-order chi connectivity index (χ1) is 15.8. The van der Waals surface area contributed by atoms with Crippen LogP contribution in [-0.4, -0.2) is 70.1 Å². The van der Waals surface area contributed by atoms with E-state index in [1.165, 1.54) is 12.2 Å². The number of H-pyrrole nitrogens is 1. The number of ether oxygens (including phenoxy) is 2. The van der Waals surface area contributed by atoms with E-state index in [0.717, 1.165) is 10.8 Å². The fourth-order valence-electron chi connectivity index (χ4n) is 2.93. The monoisotopic (exact) mass is 531 g/mol. The third-order valence-corrected chi connectivity index (χ3v) is 4.96. The predicted molar refractivity (Wildman–Crippen MR) is 95.5 cm³/mol. The van der Waals surface area contributed by atoms with Crippen LogP contribution in [0.1, 0.15) is 24.6 Å². The molecule has 1 fully saturated rings. The molecule has 3 atom stereocenters. The SMILES string of the molecule is Cc1cn([C@@H]2C[C@@H](O)[C@H](COC(=O)NCCC(F)(F)C(F)(F)C(F)(F)C(F)(F)F)O2)c(=O)[nH]c1=O. The van der Waals surface area contributed by atoms with Gasteiger partial charge in [0.15, 0.2) is 0 Å². The smallest absolute Gasteiger partial charge is 0.447 e. The second-order valence-corrected chi connectivity index (χ2v) is 7.54. The van der Waals surface area contributed by atoms with E-state index in [1.807, 2.05) is 4.98 Å². The molecular formula is C17H18F9N3O6. The Bertz CT molecular complexity index is 1040. The van der Waals surface area contributed by atoms with Gasteiger partial charge in [0.2, 0.25) is 0 Å². The minimum Gasteiger partial charge on any atom is -0.447 e. The molecule has 0 radical (unpaired) electrons. The lowest BCUT2D eigenvalue weighted by atomic mass is 10.0. The molecule has 200 valence electrons. The van der Waals surface area contributed by atoms with Gasteiger partial charge in [0.1, 0.15) is 18.9 Å². The van der Waals surface area contributed by atoms with Crippen molar-refractivity contribution in [1.82, 2.24) is 14.9 Å². The van der Waals surface area contributed by atoms with Gasteiger partial charge >= 0.3 is 35.7 Å². The summed E-state index contributed by atoms with van der Waals surface area (Å²) in [7, 11) is 0. The molecule has 2 rings (SSSR count). The average Bonchev–Trinajstić information content (AvgIpc) is 3.08. The van der Waals surface area contributed by atoms with Crippen LogP contribution in [0.5, 0.6) is 0 Å². The topological polar surface area (TPSA) is 123 Å². The van der Waals surface area contributed by atoms with E-state index in [4.69, 9.17) is 4.74 Å². The number of nitrogens with zero attached hydrogens (tertiary/aromatic N) is 1. The summed E-state index contributed by atoms with van der Waals surface area (Å²) in [5.41, 5.74) is -1.39. The molecule has 1 aromatic rings. The van der Waals surface area contributed by atoms with Crippen molar-refractivity contribution < 1.29 is 58.9 Å². The third kappa shape index (κ3) is 5.74. The maximum absolute atomic E-state index is 13.4. The van der Waals surface area contributed by atoms with Crippen LogP contribution in [0.15, 0.2) is 15.8 Å². The molecule has 0 aromatic carbocycles. The number of alkyl carbamates (subject to hydrolysis) is 1. The molecule has 1 aliphatic heterocycles. The van der Waals surface area contributed by atoms with Gasteiger partial charge in [-0.2, -0.15) is 39.5 Å². The normalized spacial score (nSPS) is 21.7. The molecule has 0 spiro atoms.